The molecule has 0 radical (unpaired) electrons. The smallest absolute Gasteiger partial charge is 0.174 e. The minimum atomic E-state index is -0.0423. The number of aromatic nitrogens is 1. The Kier molecular flexibility index (Phi) is 5.25. The number of pyridine rings is 1. The summed E-state index contributed by atoms with van der Waals surface area (Å²) in [4.78, 5) is 9.28. The number of hydrogen-bond acceptors (Lipinski definition) is 3. The van der Waals surface area contributed by atoms with Gasteiger partial charge in [-0.15, -0.1) is 0 Å². The first-order chi connectivity index (χ1) is 15.8. The second-order valence-electron chi connectivity index (χ2n) is 9.65. The average Bonchev–Trinajstić information content (AvgIpc) is 3.15. The summed E-state index contributed by atoms with van der Waals surface area (Å²) in [7, 11) is 2.17. The Balaban J connectivity index is 1.66. The monoisotopic (exact) mass is 454 g/mol. The van der Waals surface area contributed by atoms with Crippen LogP contribution in [-0.2, 0) is 0 Å². The number of aryl methyl sites for hydroxylation is 1. The van der Waals surface area contributed by atoms with E-state index in [-0.39, 0.29) is 17.6 Å². The van der Waals surface area contributed by atoms with Crippen LogP contribution in [-0.4, -0.2) is 22.7 Å². The van der Waals surface area contributed by atoms with Gasteiger partial charge in [-0.2, -0.15) is 0 Å². The third-order valence-electron chi connectivity index (χ3n) is 6.96. The summed E-state index contributed by atoms with van der Waals surface area (Å²) in [6.07, 6.45) is 4.20. The number of rotatable bonds is 3. The number of fused-ring (bicyclic) bond motifs is 1. The van der Waals surface area contributed by atoms with Crippen molar-refractivity contribution < 1.29 is 0 Å². The molecule has 4 nitrogen and oxygen atoms in total. The Hall–Kier alpha value is -3.18. The topological polar surface area (TPSA) is 31.4 Å². The van der Waals surface area contributed by atoms with Crippen LogP contribution in [0.2, 0.25) is 0 Å². The van der Waals surface area contributed by atoms with Crippen molar-refractivity contribution in [1.82, 2.24) is 10.3 Å². The fourth-order valence-corrected chi connectivity index (χ4v) is 5.46. The summed E-state index contributed by atoms with van der Waals surface area (Å²) in [5.41, 5.74) is 8.34. The molecule has 5 heteroatoms. The average molecular weight is 455 g/mol. The van der Waals surface area contributed by atoms with Gasteiger partial charge >= 0.3 is 0 Å². The van der Waals surface area contributed by atoms with Gasteiger partial charge in [0.2, 0.25) is 0 Å². The number of likely N-dealkylation sites (N-methyl/N-ethyl adjacent to an activating group) is 1. The molecule has 3 heterocycles. The molecule has 0 spiro atoms. The summed E-state index contributed by atoms with van der Waals surface area (Å²) in [5, 5.41) is 4.30. The van der Waals surface area contributed by atoms with Crippen molar-refractivity contribution in [2.24, 2.45) is 0 Å². The van der Waals surface area contributed by atoms with Gasteiger partial charge in [0.25, 0.3) is 0 Å². The van der Waals surface area contributed by atoms with Crippen LogP contribution in [0.4, 0.5) is 11.4 Å². The molecule has 33 heavy (non-hydrogen) atoms. The highest BCUT2D eigenvalue weighted by Gasteiger charge is 2.41. The fourth-order valence-electron chi connectivity index (χ4n) is 5.11. The van der Waals surface area contributed by atoms with Gasteiger partial charge in [-0.05, 0) is 93.0 Å². The SMILES string of the molecule is CC1=CC(C)(C)N(C)c2ccc([C@@H]3[C@H](c4ccccn4)NC(=S)N3c3cccc(C)c3)cc21. The lowest BCUT2D eigenvalue weighted by Gasteiger charge is -2.41. The van der Waals surface area contributed by atoms with E-state index in [4.69, 9.17) is 12.2 Å². The molecule has 2 aliphatic rings. The molecule has 0 amide bonds. The van der Waals surface area contributed by atoms with Gasteiger partial charge in [-0.3, -0.25) is 4.98 Å². The van der Waals surface area contributed by atoms with Gasteiger partial charge in [0.1, 0.15) is 0 Å². The van der Waals surface area contributed by atoms with Crippen molar-refractivity contribution in [3.05, 3.63) is 95.3 Å². The van der Waals surface area contributed by atoms with Crippen molar-refractivity contribution in [2.75, 3.05) is 16.8 Å². The predicted molar refractivity (Wildman–Crippen MR) is 142 cm³/mol. The molecule has 0 saturated carbocycles. The zero-order chi connectivity index (χ0) is 23.3. The summed E-state index contributed by atoms with van der Waals surface area (Å²) < 4.78 is 0. The highest BCUT2D eigenvalue weighted by Crippen LogP contribution is 2.45. The normalized spacial score (nSPS) is 21.5. The van der Waals surface area contributed by atoms with Crippen molar-refractivity contribution in [3.8, 4) is 0 Å². The molecule has 2 atom stereocenters. The van der Waals surface area contributed by atoms with Crippen LogP contribution in [0.15, 0.2) is 72.9 Å². The first-order valence-electron chi connectivity index (χ1n) is 11.4. The number of allylic oxidation sites excluding steroid dienone is 1. The minimum Gasteiger partial charge on any atom is -0.366 e. The van der Waals surface area contributed by atoms with Gasteiger partial charge in [0.15, 0.2) is 5.11 Å². The Morgan fingerprint density at radius 3 is 2.55 bits per heavy atom. The van der Waals surface area contributed by atoms with E-state index in [0.717, 1.165) is 16.5 Å². The number of anilines is 2. The zero-order valence-corrected chi connectivity index (χ0v) is 20.6. The maximum absolute atomic E-state index is 5.88. The van der Waals surface area contributed by atoms with Gasteiger partial charge in [0, 0.05) is 30.2 Å². The van der Waals surface area contributed by atoms with E-state index in [2.05, 4.69) is 109 Å². The highest BCUT2D eigenvalue weighted by molar-refractivity contribution is 7.80. The molecule has 1 saturated heterocycles. The summed E-state index contributed by atoms with van der Waals surface area (Å²) in [6, 6.07) is 21.4. The molecule has 1 N–H and O–H groups in total. The predicted octanol–water partition coefficient (Wildman–Crippen LogP) is 6.20. The van der Waals surface area contributed by atoms with Crippen LogP contribution in [0.5, 0.6) is 0 Å². The molecule has 1 aromatic heterocycles. The quantitative estimate of drug-likeness (QED) is 0.476. The Morgan fingerprint density at radius 2 is 1.82 bits per heavy atom. The lowest BCUT2D eigenvalue weighted by atomic mass is 9.86. The number of hydrogen-bond donors (Lipinski definition) is 1. The third kappa shape index (κ3) is 3.70. The number of thiocarbonyl (C=S) groups is 1. The lowest BCUT2D eigenvalue weighted by Crippen LogP contribution is -2.42. The number of nitrogens with one attached hydrogen (secondary N) is 1. The molecule has 168 valence electrons. The highest BCUT2D eigenvalue weighted by atomic mass is 32.1. The van der Waals surface area contributed by atoms with Gasteiger partial charge in [-0.1, -0.05) is 30.3 Å². The summed E-state index contributed by atoms with van der Waals surface area (Å²) in [6.45, 7) is 8.84. The van der Waals surface area contributed by atoms with Crippen LogP contribution in [0.1, 0.15) is 55.2 Å². The molecule has 2 aliphatic heterocycles. The van der Waals surface area contributed by atoms with Crippen molar-refractivity contribution in [2.45, 2.75) is 45.3 Å². The van der Waals surface area contributed by atoms with Crippen LogP contribution in [0.3, 0.4) is 0 Å². The molecular weight excluding hydrogens is 424 g/mol. The zero-order valence-electron chi connectivity index (χ0n) is 19.8. The fraction of sp³-hybridized carbons (Fsp3) is 0.286. The molecule has 2 aromatic carbocycles. The largest absolute Gasteiger partial charge is 0.366 e. The van der Waals surface area contributed by atoms with Gasteiger partial charge in [-0.25, -0.2) is 0 Å². The summed E-state index contributed by atoms with van der Waals surface area (Å²) >= 11 is 5.88. The second kappa shape index (κ2) is 7.99. The molecule has 3 aromatic rings. The molecule has 0 bridgehead atoms. The van der Waals surface area contributed by atoms with Crippen LogP contribution >= 0.6 is 12.2 Å². The van der Waals surface area contributed by atoms with Gasteiger partial charge < -0.3 is 15.1 Å². The maximum Gasteiger partial charge on any atom is 0.174 e. The van der Waals surface area contributed by atoms with Crippen LogP contribution in [0.25, 0.3) is 5.57 Å². The Bertz CT molecular complexity index is 1250. The van der Waals surface area contributed by atoms with Crippen LogP contribution < -0.4 is 15.1 Å². The standard InChI is InChI=1S/C28H30N4S/c1-18-9-8-10-21(15-18)32-26(25(30-27(32)33)23-11-6-7-14-29-23)20-12-13-24-22(16-20)19(2)17-28(3,4)31(24)5/h6-17,25-26H,1-5H3,(H,30,33)/t25-,26+/m0/s1. The van der Waals surface area contributed by atoms with E-state index in [1.807, 2.05) is 18.3 Å². The first kappa shape index (κ1) is 21.7. The molecular formula is C28H30N4S. The third-order valence-corrected chi connectivity index (χ3v) is 7.27. The minimum absolute atomic E-state index is 0.00690. The molecule has 5 rings (SSSR count). The van der Waals surface area contributed by atoms with E-state index < -0.39 is 0 Å². The van der Waals surface area contributed by atoms with Gasteiger partial charge in [0.05, 0.1) is 23.3 Å². The van der Waals surface area contributed by atoms with E-state index in [0.29, 0.717) is 0 Å². The van der Waals surface area contributed by atoms with Crippen molar-refractivity contribution in [1.29, 1.82) is 0 Å². The summed E-state index contributed by atoms with van der Waals surface area (Å²) in [5.74, 6) is 0. The maximum atomic E-state index is 5.88. The van der Waals surface area contributed by atoms with Crippen molar-refractivity contribution in [3.63, 3.8) is 0 Å². The van der Waals surface area contributed by atoms with Crippen molar-refractivity contribution >= 4 is 34.3 Å². The Labute approximate surface area is 202 Å². The number of benzene rings is 2. The lowest BCUT2D eigenvalue weighted by molar-refractivity contribution is 0.566. The molecule has 0 unspecified atom stereocenters. The number of nitrogens with zero attached hydrogens (tertiary/aromatic N) is 3. The van der Waals surface area contributed by atoms with E-state index in [1.54, 1.807) is 0 Å². The first-order valence-corrected chi connectivity index (χ1v) is 11.8. The Morgan fingerprint density at radius 1 is 1.00 bits per heavy atom. The second-order valence-corrected chi connectivity index (χ2v) is 10.0. The molecule has 0 aliphatic carbocycles. The van der Waals surface area contributed by atoms with Crippen LogP contribution in [0, 0.1) is 6.92 Å². The van der Waals surface area contributed by atoms with E-state index in [9.17, 15) is 0 Å². The molecule has 1 fully saturated rings. The van der Waals surface area contributed by atoms with E-state index >= 15 is 0 Å². The van der Waals surface area contributed by atoms with E-state index in [1.165, 1.54) is 28.0 Å².